The van der Waals surface area contributed by atoms with E-state index in [1.807, 2.05) is 19.9 Å². The van der Waals surface area contributed by atoms with E-state index in [1.165, 1.54) is 23.6 Å². The molecule has 0 unspecified atom stereocenters. The molecule has 0 amide bonds. The number of carbonyl (C=O) groups excluding carboxylic acids is 1. The van der Waals surface area contributed by atoms with Gasteiger partial charge in [-0.15, -0.1) is 5.10 Å². The standard InChI is InChI=1S/C12H15N5O3S/c1-8(2)20-9-5-4-6-13-11(9)21-12-14-15-16-17(12)7-10(18)19-3/h4-6,8H,7H2,1-3H3. The molecule has 0 spiro atoms. The fourth-order valence-corrected chi connectivity index (χ4v) is 2.23. The van der Waals surface area contributed by atoms with Crippen LogP contribution >= 0.6 is 11.8 Å². The summed E-state index contributed by atoms with van der Waals surface area (Å²) in [6.07, 6.45) is 1.68. The van der Waals surface area contributed by atoms with E-state index in [9.17, 15) is 4.79 Å². The number of hydrogen-bond donors (Lipinski definition) is 0. The molecule has 0 radical (unpaired) electrons. The van der Waals surface area contributed by atoms with E-state index in [-0.39, 0.29) is 12.6 Å². The van der Waals surface area contributed by atoms with E-state index < -0.39 is 5.97 Å². The first-order valence-corrected chi connectivity index (χ1v) is 7.04. The summed E-state index contributed by atoms with van der Waals surface area (Å²) in [5.74, 6) is 0.217. The van der Waals surface area contributed by atoms with Gasteiger partial charge >= 0.3 is 5.97 Å². The lowest BCUT2D eigenvalue weighted by molar-refractivity contribution is -0.141. The van der Waals surface area contributed by atoms with Crippen LogP contribution in [0.3, 0.4) is 0 Å². The molecule has 2 rings (SSSR count). The molecule has 0 bridgehead atoms. The molecule has 9 heteroatoms. The van der Waals surface area contributed by atoms with Crippen molar-refractivity contribution in [3.8, 4) is 5.75 Å². The monoisotopic (exact) mass is 309 g/mol. The first-order chi connectivity index (χ1) is 10.1. The maximum absolute atomic E-state index is 11.3. The Morgan fingerprint density at radius 3 is 3.00 bits per heavy atom. The van der Waals surface area contributed by atoms with E-state index >= 15 is 0 Å². The van der Waals surface area contributed by atoms with Crippen LogP contribution in [0, 0.1) is 0 Å². The summed E-state index contributed by atoms with van der Waals surface area (Å²) in [5, 5.41) is 12.3. The van der Waals surface area contributed by atoms with Gasteiger partial charge in [0.15, 0.2) is 5.75 Å². The van der Waals surface area contributed by atoms with Crippen molar-refractivity contribution in [3.63, 3.8) is 0 Å². The SMILES string of the molecule is COC(=O)Cn1nnnc1Sc1ncccc1OC(C)C. The maximum atomic E-state index is 11.3. The van der Waals surface area contributed by atoms with Crippen LogP contribution < -0.4 is 4.74 Å². The molecular weight excluding hydrogens is 294 g/mol. The van der Waals surface area contributed by atoms with Crippen LogP contribution in [0.2, 0.25) is 0 Å². The number of carbonyl (C=O) groups is 1. The third-order valence-corrected chi connectivity index (χ3v) is 3.27. The molecule has 2 aromatic rings. The summed E-state index contributed by atoms with van der Waals surface area (Å²) in [6.45, 7) is 3.81. The van der Waals surface area contributed by atoms with Crippen LogP contribution in [0.1, 0.15) is 13.8 Å². The zero-order chi connectivity index (χ0) is 15.2. The number of methoxy groups -OCH3 is 1. The van der Waals surface area contributed by atoms with Crippen molar-refractivity contribution in [3.05, 3.63) is 18.3 Å². The number of rotatable bonds is 6. The van der Waals surface area contributed by atoms with Gasteiger partial charge in [0.25, 0.3) is 0 Å². The van der Waals surface area contributed by atoms with Crippen LogP contribution in [0.4, 0.5) is 0 Å². The van der Waals surface area contributed by atoms with Crippen molar-refractivity contribution in [2.24, 2.45) is 0 Å². The minimum atomic E-state index is -0.427. The summed E-state index contributed by atoms with van der Waals surface area (Å²) in [4.78, 5) is 15.6. The van der Waals surface area contributed by atoms with Crippen molar-refractivity contribution in [1.29, 1.82) is 0 Å². The molecule has 0 saturated heterocycles. The predicted molar refractivity (Wildman–Crippen MR) is 74.0 cm³/mol. The molecule has 2 heterocycles. The summed E-state index contributed by atoms with van der Waals surface area (Å²) < 4.78 is 11.6. The van der Waals surface area contributed by atoms with Crippen LogP contribution in [0.25, 0.3) is 0 Å². The van der Waals surface area contributed by atoms with Crippen LogP contribution in [-0.2, 0) is 16.1 Å². The lowest BCUT2D eigenvalue weighted by Crippen LogP contribution is -2.14. The number of ether oxygens (including phenoxy) is 2. The Morgan fingerprint density at radius 1 is 1.48 bits per heavy atom. The van der Waals surface area contributed by atoms with Crippen molar-refractivity contribution >= 4 is 17.7 Å². The summed E-state index contributed by atoms with van der Waals surface area (Å²) in [5.41, 5.74) is 0. The highest BCUT2D eigenvalue weighted by Crippen LogP contribution is 2.31. The highest BCUT2D eigenvalue weighted by atomic mass is 32.2. The van der Waals surface area contributed by atoms with Gasteiger partial charge in [0.2, 0.25) is 5.16 Å². The van der Waals surface area contributed by atoms with Crippen LogP contribution in [0.5, 0.6) is 5.75 Å². The number of aromatic nitrogens is 5. The fourth-order valence-electron chi connectivity index (χ4n) is 1.44. The molecule has 112 valence electrons. The molecule has 0 aliphatic heterocycles. The average Bonchev–Trinajstić information content (AvgIpc) is 2.87. The molecule has 0 N–H and O–H groups in total. The zero-order valence-corrected chi connectivity index (χ0v) is 12.7. The van der Waals surface area contributed by atoms with Crippen LogP contribution in [0.15, 0.2) is 28.5 Å². The number of hydrogen-bond acceptors (Lipinski definition) is 8. The Balaban J connectivity index is 2.19. The number of esters is 1. The third kappa shape index (κ3) is 4.15. The summed E-state index contributed by atoms with van der Waals surface area (Å²) >= 11 is 1.22. The summed E-state index contributed by atoms with van der Waals surface area (Å²) in [7, 11) is 1.31. The quantitative estimate of drug-likeness (QED) is 0.734. The predicted octanol–water partition coefficient (Wildman–Crippen LogP) is 1.18. The Morgan fingerprint density at radius 2 is 2.29 bits per heavy atom. The first kappa shape index (κ1) is 15.2. The molecule has 0 aromatic carbocycles. The molecule has 0 fully saturated rings. The lowest BCUT2D eigenvalue weighted by Gasteiger charge is -2.12. The van der Waals surface area contributed by atoms with Gasteiger partial charge in [-0.3, -0.25) is 4.79 Å². The first-order valence-electron chi connectivity index (χ1n) is 6.22. The second-order valence-electron chi connectivity index (χ2n) is 4.27. The van der Waals surface area contributed by atoms with Gasteiger partial charge in [0.1, 0.15) is 11.6 Å². The van der Waals surface area contributed by atoms with E-state index in [1.54, 1.807) is 12.3 Å². The van der Waals surface area contributed by atoms with Gasteiger partial charge in [0.05, 0.1) is 13.2 Å². The Bertz CT molecular complexity index is 616. The highest BCUT2D eigenvalue weighted by molar-refractivity contribution is 7.99. The Labute approximate surface area is 125 Å². The van der Waals surface area contributed by atoms with E-state index in [2.05, 4.69) is 25.2 Å². The zero-order valence-electron chi connectivity index (χ0n) is 11.9. The van der Waals surface area contributed by atoms with Crippen molar-refractivity contribution in [2.45, 2.75) is 36.7 Å². The van der Waals surface area contributed by atoms with Gasteiger partial charge in [0, 0.05) is 6.20 Å². The number of pyridine rings is 1. The second kappa shape index (κ2) is 7.02. The number of nitrogens with zero attached hydrogens (tertiary/aromatic N) is 5. The summed E-state index contributed by atoms with van der Waals surface area (Å²) in [6, 6.07) is 3.61. The second-order valence-corrected chi connectivity index (χ2v) is 5.23. The van der Waals surface area contributed by atoms with Crippen molar-refractivity contribution < 1.29 is 14.3 Å². The number of tetrazole rings is 1. The molecule has 0 aliphatic rings. The molecule has 0 saturated carbocycles. The van der Waals surface area contributed by atoms with Crippen molar-refractivity contribution in [1.82, 2.24) is 25.2 Å². The topological polar surface area (TPSA) is 92.0 Å². The fraction of sp³-hybridized carbons (Fsp3) is 0.417. The van der Waals surface area contributed by atoms with E-state index in [0.717, 1.165) is 0 Å². The molecule has 0 atom stereocenters. The Hall–Kier alpha value is -2.16. The molecule has 0 aliphatic carbocycles. The Kier molecular flexibility index (Phi) is 5.09. The molecular formula is C12H15N5O3S. The van der Waals surface area contributed by atoms with Crippen molar-refractivity contribution in [2.75, 3.05) is 7.11 Å². The minimum Gasteiger partial charge on any atom is -0.488 e. The maximum Gasteiger partial charge on any atom is 0.327 e. The van der Waals surface area contributed by atoms with E-state index in [0.29, 0.717) is 15.9 Å². The molecule has 21 heavy (non-hydrogen) atoms. The van der Waals surface area contributed by atoms with Crippen LogP contribution in [-0.4, -0.2) is 44.4 Å². The highest BCUT2D eigenvalue weighted by Gasteiger charge is 2.15. The normalized spacial score (nSPS) is 10.7. The lowest BCUT2D eigenvalue weighted by atomic mass is 10.4. The molecule has 2 aromatic heterocycles. The van der Waals surface area contributed by atoms with Gasteiger partial charge in [-0.25, -0.2) is 9.67 Å². The molecule has 8 nitrogen and oxygen atoms in total. The smallest absolute Gasteiger partial charge is 0.327 e. The van der Waals surface area contributed by atoms with Gasteiger partial charge in [-0.1, -0.05) is 0 Å². The van der Waals surface area contributed by atoms with Gasteiger partial charge < -0.3 is 9.47 Å². The largest absolute Gasteiger partial charge is 0.488 e. The van der Waals surface area contributed by atoms with Gasteiger partial charge in [-0.2, -0.15) is 0 Å². The van der Waals surface area contributed by atoms with Gasteiger partial charge in [-0.05, 0) is 48.2 Å². The van der Waals surface area contributed by atoms with E-state index in [4.69, 9.17) is 4.74 Å². The third-order valence-electron chi connectivity index (χ3n) is 2.29. The minimum absolute atomic E-state index is 0.0274. The average molecular weight is 309 g/mol.